The number of nitriles is 1. The predicted molar refractivity (Wildman–Crippen MR) is 119 cm³/mol. The molecular weight excluding hydrogens is 396 g/mol. The van der Waals surface area contributed by atoms with Crippen LogP contribution in [0.4, 0.5) is 0 Å². The minimum Gasteiger partial charge on any atom is -0.334 e. The minimum absolute atomic E-state index is 0.192. The Hall–Kier alpha value is -3.23. The summed E-state index contributed by atoms with van der Waals surface area (Å²) >= 11 is 6.04. The number of aromatic nitrogens is 2. The van der Waals surface area contributed by atoms with Crippen molar-refractivity contribution in [3.05, 3.63) is 71.3 Å². The van der Waals surface area contributed by atoms with E-state index in [4.69, 9.17) is 11.6 Å². The molecule has 0 saturated heterocycles. The standard InChI is InChI=1S/C24H23ClN4O/c1-15(2)22-21(12-27-14-28-22)18-9-17(16-5-7-20(25)8-6-16)10-19(11-18)23(30)29-24(3,4)13-26/h5-12,14-15H,1-4H3,(H,29,30). The van der Waals surface area contributed by atoms with Crippen LogP contribution < -0.4 is 5.32 Å². The number of benzene rings is 2. The fourth-order valence-corrected chi connectivity index (χ4v) is 3.25. The van der Waals surface area contributed by atoms with E-state index < -0.39 is 5.54 Å². The molecule has 0 unspecified atom stereocenters. The highest BCUT2D eigenvalue weighted by atomic mass is 35.5. The number of hydrogen-bond donors (Lipinski definition) is 1. The van der Waals surface area contributed by atoms with Crippen LogP contribution in [0.5, 0.6) is 0 Å². The smallest absolute Gasteiger partial charge is 0.252 e. The Labute approximate surface area is 181 Å². The van der Waals surface area contributed by atoms with Gasteiger partial charge < -0.3 is 5.32 Å². The molecule has 0 spiro atoms. The molecule has 0 aliphatic heterocycles. The largest absolute Gasteiger partial charge is 0.334 e. The molecular formula is C24H23ClN4O. The van der Waals surface area contributed by atoms with E-state index in [-0.39, 0.29) is 11.8 Å². The van der Waals surface area contributed by atoms with Gasteiger partial charge >= 0.3 is 0 Å². The van der Waals surface area contributed by atoms with Crippen LogP contribution in [-0.2, 0) is 0 Å². The fraction of sp³-hybridized carbons (Fsp3) is 0.250. The van der Waals surface area contributed by atoms with Gasteiger partial charge in [0.25, 0.3) is 5.91 Å². The summed E-state index contributed by atoms with van der Waals surface area (Å²) in [6, 6.07) is 15.2. The van der Waals surface area contributed by atoms with Crippen molar-refractivity contribution in [1.29, 1.82) is 5.26 Å². The van der Waals surface area contributed by atoms with Gasteiger partial charge in [-0.2, -0.15) is 5.26 Å². The summed E-state index contributed by atoms with van der Waals surface area (Å²) in [7, 11) is 0. The summed E-state index contributed by atoms with van der Waals surface area (Å²) in [6.45, 7) is 7.46. The SMILES string of the molecule is CC(C)c1ncncc1-c1cc(C(=O)NC(C)(C)C#N)cc(-c2ccc(Cl)cc2)c1. The van der Waals surface area contributed by atoms with E-state index in [2.05, 4.69) is 35.2 Å². The quantitative estimate of drug-likeness (QED) is 0.583. The molecule has 6 heteroatoms. The van der Waals surface area contributed by atoms with Crippen molar-refractivity contribution in [2.24, 2.45) is 0 Å². The van der Waals surface area contributed by atoms with Crippen molar-refractivity contribution < 1.29 is 4.79 Å². The molecule has 1 amide bonds. The number of nitrogens with one attached hydrogen (secondary N) is 1. The molecule has 0 fully saturated rings. The lowest BCUT2D eigenvalue weighted by Crippen LogP contribution is -2.42. The van der Waals surface area contributed by atoms with E-state index in [1.165, 1.54) is 6.33 Å². The summed E-state index contributed by atoms with van der Waals surface area (Å²) in [5, 5.41) is 12.7. The third-order valence-electron chi connectivity index (χ3n) is 4.68. The average molecular weight is 419 g/mol. The summed E-state index contributed by atoms with van der Waals surface area (Å²) < 4.78 is 0. The van der Waals surface area contributed by atoms with Gasteiger partial charge in [-0.25, -0.2) is 9.97 Å². The molecule has 152 valence electrons. The van der Waals surface area contributed by atoms with Crippen LogP contribution in [0.25, 0.3) is 22.3 Å². The molecule has 1 aromatic heterocycles. The highest BCUT2D eigenvalue weighted by Crippen LogP contribution is 2.32. The Morgan fingerprint density at radius 3 is 2.40 bits per heavy atom. The van der Waals surface area contributed by atoms with Crippen molar-refractivity contribution in [3.8, 4) is 28.3 Å². The molecule has 0 saturated carbocycles. The molecule has 2 aromatic carbocycles. The van der Waals surface area contributed by atoms with E-state index in [0.29, 0.717) is 10.6 Å². The second-order valence-electron chi connectivity index (χ2n) is 7.97. The molecule has 5 nitrogen and oxygen atoms in total. The maximum Gasteiger partial charge on any atom is 0.252 e. The Kier molecular flexibility index (Phi) is 6.19. The number of halogens is 1. The molecule has 0 bridgehead atoms. The van der Waals surface area contributed by atoms with Crippen molar-refractivity contribution in [2.45, 2.75) is 39.2 Å². The summed E-state index contributed by atoms with van der Waals surface area (Å²) in [6.07, 6.45) is 3.30. The van der Waals surface area contributed by atoms with E-state index in [9.17, 15) is 10.1 Å². The van der Waals surface area contributed by atoms with Gasteiger partial charge in [-0.1, -0.05) is 37.6 Å². The monoisotopic (exact) mass is 418 g/mol. The highest BCUT2D eigenvalue weighted by Gasteiger charge is 2.22. The maximum atomic E-state index is 12.9. The Balaban J connectivity index is 2.18. The van der Waals surface area contributed by atoms with Crippen LogP contribution in [0.1, 0.15) is 49.7 Å². The van der Waals surface area contributed by atoms with Crippen molar-refractivity contribution in [3.63, 3.8) is 0 Å². The number of nitrogens with zero attached hydrogens (tertiary/aromatic N) is 3. The van der Waals surface area contributed by atoms with E-state index in [1.54, 1.807) is 20.0 Å². The molecule has 3 aromatic rings. The van der Waals surface area contributed by atoms with Gasteiger partial charge in [0.15, 0.2) is 0 Å². The molecule has 0 aliphatic rings. The lowest BCUT2D eigenvalue weighted by atomic mass is 9.93. The average Bonchev–Trinajstić information content (AvgIpc) is 2.73. The first-order valence-electron chi connectivity index (χ1n) is 9.65. The normalized spacial score (nSPS) is 11.2. The van der Waals surface area contributed by atoms with Gasteiger partial charge in [-0.3, -0.25) is 4.79 Å². The number of hydrogen-bond acceptors (Lipinski definition) is 4. The van der Waals surface area contributed by atoms with Crippen molar-refractivity contribution in [1.82, 2.24) is 15.3 Å². The number of rotatable bonds is 5. The molecule has 0 aliphatic carbocycles. The Morgan fingerprint density at radius 1 is 1.10 bits per heavy atom. The van der Waals surface area contributed by atoms with Crippen LogP contribution in [0, 0.1) is 11.3 Å². The minimum atomic E-state index is -0.980. The first-order valence-corrected chi connectivity index (χ1v) is 10.0. The predicted octanol–water partition coefficient (Wildman–Crippen LogP) is 5.62. The fourth-order valence-electron chi connectivity index (χ4n) is 3.13. The first kappa shape index (κ1) is 21.5. The van der Waals surface area contributed by atoms with Crippen LogP contribution in [-0.4, -0.2) is 21.4 Å². The zero-order valence-corrected chi connectivity index (χ0v) is 18.2. The summed E-state index contributed by atoms with van der Waals surface area (Å²) in [5.74, 6) is -0.126. The second kappa shape index (κ2) is 8.64. The van der Waals surface area contributed by atoms with Crippen molar-refractivity contribution in [2.75, 3.05) is 0 Å². The van der Waals surface area contributed by atoms with Crippen LogP contribution in [0.3, 0.4) is 0 Å². The molecule has 3 rings (SSSR count). The van der Waals surface area contributed by atoms with Gasteiger partial charge in [-0.15, -0.1) is 0 Å². The third kappa shape index (κ3) is 4.84. The van der Waals surface area contributed by atoms with Gasteiger partial charge in [0.05, 0.1) is 11.8 Å². The summed E-state index contributed by atoms with van der Waals surface area (Å²) in [5.41, 5.74) is 3.89. The Morgan fingerprint density at radius 2 is 1.77 bits per heavy atom. The van der Waals surface area contributed by atoms with Crippen LogP contribution in [0.15, 0.2) is 55.0 Å². The van der Waals surface area contributed by atoms with Gasteiger partial charge in [0, 0.05) is 22.3 Å². The lowest BCUT2D eigenvalue weighted by Gasteiger charge is -2.19. The summed E-state index contributed by atoms with van der Waals surface area (Å²) in [4.78, 5) is 21.6. The Bertz CT molecular complexity index is 1110. The van der Waals surface area contributed by atoms with Crippen LogP contribution in [0.2, 0.25) is 5.02 Å². The number of carbonyl (C=O) groups excluding carboxylic acids is 1. The lowest BCUT2D eigenvalue weighted by molar-refractivity contribution is 0.0929. The maximum absolute atomic E-state index is 12.9. The van der Waals surface area contributed by atoms with Gasteiger partial charge in [-0.05, 0) is 66.8 Å². The number of carbonyl (C=O) groups is 1. The third-order valence-corrected chi connectivity index (χ3v) is 4.93. The van der Waals surface area contributed by atoms with Crippen molar-refractivity contribution >= 4 is 17.5 Å². The highest BCUT2D eigenvalue weighted by molar-refractivity contribution is 6.30. The molecule has 1 N–H and O–H groups in total. The van der Waals surface area contributed by atoms with E-state index in [1.807, 2.05) is 42.5 Å². The van der Waals surface area contributed by atoms with Gasteiger partial charge in [0.2, 0.25) is 0 Å². The first-order chi connectivity index (χ1) is 14.2. The molecule has 1 heterocycles. The molecule has 0 atom stereocenters. The zero-order chi connectivity index (χ0) is 21.9. The second-order valence-corrected chi connectivity index (χ2v) is 8.41. The number of amides is 1. The topological polar surface area (TPSA) is 78.7 Å². The zero-order valence-electron chi connectivity index (χ0n) is 17.4. The van der Waals surface area contributed by atoms with E-state index >= 15 is 0 Å². The van der Waals surface area contributed by atoms with Crippen LogP contribution >= 0.6 is 11.6 Å². The van der Waals surface area contributed by atoms with Gasteiger partial charge in [0.1, 0.15) is 11.9 Å². The molecule has 30 heavy (non-hydrogen) atoms. The van der Waals surface area contributed by atoms with E-state index in [0.717, 1.165) is 27.9 Å². The molecule has 0 radical (unpaired) electrons.